The van der Waals surface area contributed by atoms with E-state index in [1.54, 1.807) is 0 Å². The number of nitrogens with one attached hydrogen (secondary N) is 2. The fourth-order valence-electron chi connectivity index (χ4n) is 1.77. The van der Waals surface area contributed by atoms with E-state index in [1.807, 2.05) is 0 Å². The highest BCUT2D eigenvalue weighted by atomic mass is 14.9. The van der Waals surface area contributed by atoms with Gasteiger partial charge in [-0.1, -0.05) is 33.1 Å². The van der Waals surface area contributed by atoms with Gasteiger partial charge >= 0.3 is 0 Å². The zero-order valence-corrected chi connectivity index (χ0v) is 12.5. The molecule has 0 rings (SSSR count). The van der Waals surface area contributed by atoms with Crippen molar-refractivity contribution in [3.8, 4) is 0 Å². The summed E-state index contributed by atoms with van der Waals surface area (Å²) in [5.74, 6) is 0. The third-order valence-corrected chi connectivity index (χ3v) is 3.56. The van der Waals surface area contributed by atoms with Crippen LogP contribution in [-0.2, 0) is 0 Å². The Bertz CT molecular complexity index is 132. The summed E-state index contributed by atoms with van der Waals surface area (Å²) in [5.41, 5.74) is 0. The summed E-state index contributed by atoms with van der Waals surface area (Å²) in [6.07, 6.45) is 9.30. The third-order valence-electron chi connectivity index (χ3n) is 3.56. The van der Waals surface area contributed by atoms with Gasteiger partial charge in [0.1, 0.15) is 0 Å². The second-order valence-corrected chi connectivity index (χ2v) is 5.29. The number of rotatable bonds is 12. The summed E-state index contributed by atoms with van der Waals surface area (Å²) in [5, 5.41) is 7.09. The van der Waals surface area contributed by atoms with Gasteiger partial charge in [0.05, 0.1) is 0 Å². The average molecular weight is 242 g/mol. The van der Waals surface area contributed by atoms with Gasteiger partial charge in [-0.05, 0) is 52.6 Å². The van der Waals surface area contributed by atoms with Gasteiger partial charge in [0, 0.05) is 12.1 Å². The number of hydrogen-bond acceptors (Lipinski definition) is 2. The Hall–Kier alpha value is -0.0800. The Kier molecular flexibility index (Phi) is 12.3. The fraction of sp³-hybridized carbons (Fsp3) is 1.00. The summed E-state index contributed by atoms with van der Waals surface area (Å²) in [6.45, 7) is 11.4. The summed E-state index contributed by atoms with van der Waals surface area (Å²) in [7, 11) is 0. The lowest BCUT2D eigenvalue weighted by Gasteiger charge is -2.11. The van der Waals surface area contributed by atoms with Crippen LogP contribution in [-0.4, -0.2) is 25.2 Å². The van der Waals surface area contributed by atoms with Crippen LogP contribution in [0.3, 0.4) is 0 Å². The first-order valence-electron chi connectivity index (χ1n) is 7.67. The van der Waals surface area contributed by atoms with Gasteiger partial charge in [0.25, 0.3) is 0 Å². The predicted molar refractivity (Wildman–Crippen MR) is 78.6 cm³/mol. The molecule has 104 valence electrons. The third kappa shape index (κ3) is 12.2. The van der Waals surface area contributed by atoms with E-state index in [4.69, 9.17) is 0 Å². The first-order valence-corrected chi connectivity index (χ1v) is 7.67. The molecule has 2 nitrogen and oxygen atoms in total. The minimum atomic E-state index is 0.690. The molecule has 2 heteroatoms. The van der Waals surface area contributed by atoms with Crippen molar-refractivity contribution in [2.24, 2.45) is 0 Å². The molecular weight excluding hydrogens is 208 g/mol. The van der Waals surface area contributed by atoms with Crippen LogP contribution in [0.2, 0.25) is 0 Å². The minimum Gasteiger partial charge on any atom is -0.314 e. The molecule has 0 bridgehead atoms. The van der Waals surface area contributed by atoms with Crippen molar-refractivity contribution in [2.45, 2.75) is 84.7 Å². The van der Waals surface area contributed by atoms with E-state index in [0.717, 1.165) is 0 Å². The van der Waals surface area contributed by atoms with E-state index in [9.17, 15) is 0 Å². The number of unbranched alkanes of at least 4 members (excludes halogenated alkanes) is 4. The molecule has 0 amide bonds. The van der Waals surface area contributed by atoms with E-state index in [1.165, 1.54) is 58.0 Å². The molecule has 0 fully saturated rings. The van der Waals surface area contributed by atoms with E-state index >= 15 is 0 Å². The van der Waals surface area contributed by atoms with Crippen molar-refractivity contribution in [1.82, 2.24) is 10.6 Å². The highest BCUT2D eigenvalue weighted by Gasteiger charge is 1.97. The van der Waals surface area contributed by atoms with Gasteiger partial charge in [0.2, 0.25) is 0 Å². The van der Waals surface area contributed by atoms with Gasteiger partial charge in [-0.2, -0.15) is 0 Å². The van der Waals surface area contributed by atoms with Gasteiger partial charge in [-0.25, -0.2) is 0 Å². The lowest BCUT2D eigenvalue weighted by atomic mass is 10.1. The van der Waals surface area contributed by atoms with E-state index in [2.05, 4.69) is 38.3 Å². The smallest absolute Gasteiger partial charge is 0.00360 e. The van der Waals surface area contributed by atoms with Gasteiger partial charge in [0.15, 0.2) is 0 Å². The van der Waals surface area contributed by atoms with Crippen LogP contribution in [0.5, 0.6) is 0 Å². The van der Waals surface area contributed by atoms with Crippen molar-refractivity contribution in [3.05, 3.63) is 0 Å². The highest BCUT2D eigenvalue weighted by Crippen LogP contribution is 2.02. The van der Waals surface area contributed by atoms with Crippen LogP contribution in [0.4, 0.5) is 0 Å². The lowest BCUT2D eigenvalue weighted by Crippen LogP contribution is -2.26. The van der Waals surface area contributed by atoms with Crippen molar-refractivity contribution < 1.29 is 0 Å². The summed E-state index contributed by atoms with van der Waals surface area (Å²) < 4.78 is 0. The van der Waals surface area contributed by atoms with Crippen molar-refractivity contribution >= 4 is 0 Å². The summed E-state index contributed by atoms with van der Waals surface area (Å²) in [4.78, 5) is 0. The molecule has 0 saturated carbocycles. The molecule has 17 heavy (non-hydrogen) atoms. The van der Waals surface area contributed by atoms with Gasteiger partial charge in [-0.15, -0.1) is 0 Å². The molecule has 0 aliphatic heterocycles. The van der Waals surface area contributed by atoms with Crippen LogP contribution in [0.15, 0.2) is 0 Å². The van der Waals surface area contributed by atoms with Crippen molar-refractivity contribution in [2.75, 3.05) is 13.1 Å². The molecule has 0 aliphatic rings. The molecule has 0 spiro atoms. The van der Waals surface area contributed by atoms with E-state index in [0.29, 0.717) is 12.1 Å². The fourth-order valence-corrected chi connectivity index (χ4v) is 1.77. The van der Waals surface area contributed by atoms with E-state index in [-0.39, 0.29) is 0 Å². The Labute approximate surface area is 109 Å². The van der Waals surface area contributed by atoms with Crippen molar-refractivity contribution in [1.29, 1.82) is 0 Å². The molecule has 0 saturated heterocycles. The zero-order chi connectivity index (χ0) is 12.9. The normalized spacial score (nSPS) is 14.8. The molecule has 0 aromatic rings. The Morgan fingerprint density at radius 1 is 0.647 bits per heavy atom. The molecular formula is C15H34N2. The molecule has 0 aromatic carbocycles. The zero-order valence-electron chi connectivity index (χ0n) is 12.5. The molecule has 2 unspecified atom stereocenters. The molecule has 2 atom stereocenters. The topological polar surface area (TPSA) is 24.1 Å². The van der Waals surface area contributed by atoms with Crippen LogP contribution < -0.4 is 10.6 Å². The highest BCUT2D eigenvalue weighted by molar-refractivity contribution is 4.59. The largest absolute Gasteiger partial charge is 0.314 e. The lowest BCUT2D eigenvalue weighted by molar-refractivity contribution is 0.488. The Morgan fingerprint density at radius 2 is 1.00 bits per heavy atom. The van der Waals surface area contributed by atoms with Crippen molar-refractivity contribution in [3.63, 3.8) is 0 Å². The maximum Gasteiger partial charge on any atom is 0.00360 e. The molecule has 0 aliphatic carbocycles. The second-order valence-electron chi connectivity index (χ2n) is 5.29. The average Bonchev–Trinajstić information content (AvgIpc) is 2.35. The molecule has 2 N–H and O–H groups in total. The Balaban J connectivity index is 3.04. The summed E-state index contributed by atoms with van der Waals surface area (Å²) >= 11 is 0. The standard InChI is InChI=1S/C15H34N2/c1-5-14(3)16-12-10-8-7-9-11-13-17-15(4)6-2/h14-17H,5-13H2,1-4H3. The monoisotopic (exact) mass is 242 g/mol. The van der Waals surface area contributed by atoms with Crippen LogP contribution in [0.25, 0.3) is 0 Å². The van der Waals surface area contributed by atoms with Crippen LogP contribution >= 0.6 is 0 Å². The minimum absolute atomic E-state index is 0.690. The first-order chi connectivity index (χ1) is 8.20. The van der Waals surface area contributed by atoms with Gasteiger partial charge in [-0.3, -0.25) is 0 Å². The summed E-state index contributed by atoms with van der Waals surface area (Å²) in [6, 6.07) is 1.38. The first kappa shape index (κ1) is 16.9. The molecule has 0 heterocycles. The quantitative estimate of drug-likeness (QED) is 0.510. The van der Waals surface area contributed by atoms with E-state index < -0.39 is 0 Å². The number of hydrogen-bond donors (Lipinski definition) is 2. The molecule has 0 radical (unpaired) electrons. The van der Waals surface area contributed by atoms with Crippen LogP contribution in [0, 0.1) is 0 Å². The maximum atomic E-state index is 3.54. The maximum absolute atomic E-state index is 3.54. The SMILES string of the molecule is CCC(C)NCCCCCCCNC(C)CC. The Morgan fingerprint density at radius 3 is 1.35 bits per heavy atom. The second kappa shape index (κ2) is 12.4. The molecule has 0 aromatic heterocycles. The van der Waals surface area contributed by atoms with Gasteiger partial charge < -0.3 is 10.6 Å². The predicted octanol–water partition coefficient (Wildman–Crippen LogP) is 3.71. The van der Waals surface area contributed by atoms with Crippen LogP contribution in [0.1, 0.15) is 72.6 Å².